The van der Waals surface area contributed by atoms with E-state index in [1.807, 2.05) is 36.4 Å². The van der Waals surface area contributed by atoms with E-state index in [0.29, 0.717) is 34.3 Å². The van der Waals surface area contributed by atoms with Gasteiger partial charge in [-0.2, -0.15) is 0 Å². The zero-order valence-corrected chi connectivity index (χ0v) is 23.6. The van der Waals surface area contributed by atoms with Gasteiger partial charge in [-0.1, -0.05) is 60.7 Å². The number of para-hydroxylation sites is 1. The lowest BCUT2D eigenvalue weighted by atomic mass is 10.0. The second-order valence-corrected chi connectivity index (χ2v) is 10.8. The summed E-state index contributed by atoms with van der Waals surface area (Å²) in [5, 5.41) is 2.15. The van der Waals surface area contributed by atoms with Crippen LogP contribution in [-0.2, 0) is 22.6 Å². The molecule has 0 saturated carbocycles. The minimum absolute atomic E-state index is 0.0421. The van der Waals surface area contributed by atoms with Crippen molar-refractivity contribution in [2.24, 2.45) is 0 Å². The maximum atomic E-state index is 14.1. The maximum Gasteiger partial charge on any atom is 0.255 e. The average Bonchev–Trinajstić information content (AvgIpc) is 3.55. The van der Waals surface area contributed by atoms with Gasteiger partial charge in [0.2, 0.25) is 5.91 Å². The maximum absolute atomic E-state index is 14.1. The van der Waals surface area contributed by atoms with Crippen LogP contribution in [0.1, 0.15) is 34.3 Å². The van der Waals surface area contributed by atoms with Crippen molar-refractivity contribution in [2.75, 3.05) is 19.7 Å². The summed E-state index contributed by atoms with van der Waals surface area (Å²) in [6.07, 6.45) is 2.89. The highest BCUT2D eigenvalue weighted by Gasteiger charge is 2.28. The number of ether oxygens (including phenoxy) is 1. The SMILES string of the molecule is O=C(CN(CC1CCCO1)C(=O)c1cccc2ccccc12)N(Cc1ccc(F)cc1)Cc1coc2ccccc2c1=O. The fraction of sp³-hybridized carbons (Fsp3) is 0.229. The Morgan fingerprint density at radius 3 is 2.37 bits per heavy atom. The molecule has 6 rings (SSSR count). The van der Waals surface area contributed by atoms with Crippen LogP contribution in [0.15, 0.2) is 106 Å². The van der Waals surface area contributed by atoms with E-state index in [0.717, 1.165) is 23.6 Å². The fourth-order valence-corrected chi connectivity index (χ4v) is 5.57. The molecular weight excluding hydrogens is 547 g/mol. The van der Waals surface area contributed by atoms with Gasteiger partial charge in [-0.25, -0.2) is 4.39 Å². The molecule has 218 valence electrons. The van der Waals surface area contributed by atoms with Crippen LogP contribution in [0, 0.1) is 5.82 Å². The molecular formula is C35H31FN2O5. The lowest BCUT2D eigenvalue weighted by molar-refractivity contribution is -0.133. The molecule has 5 aromatic rings. The molecule has 43 heavy (non-hydrogen) atoms. The van der Waals surface area contributed by atoms with Gasteiger partial charge in [-0.3, -0.25) is 14.4 Å². The van der Waals surface area contributed by atoms with Crippen molar-refractivity contribution in [1.29, 1.82) is 0 Å². The summed E-state index contributed by atoms with van der Waals surface area (Å²) in [4.78, 5) is 44.5. The second kappa shape index (κ2) is 12.6. The van der Waals surface area contributed by atoms with Crippen molar-refractivity contribution in [3.05, 3.63) is 130 Å². The van der Waals surface area contributed by atoms with E-state index in [4.69, 9.17) is 9.15 Å². The molecule has 4 aromatic carbocycles. The first-order chi connectivity index (χ1) is 21.0. The van der Waals surface area contributed by atoms with Gasteiger partial charge in [0.1, 0.15) is 17.9 Å². The Balaban J connectivity index is 1.32. The zero-order valence-electron chi connectivity index (χ0n) is 23.6. The van der Waals surface area contributed by atoms with Crippen LogP contribution in [0.25, 0.3) is 21.7 Å². The Kier molecular flexibility index (Phi) is 8.29. The Hall–Kier alpha value is -4.82. The summed E-state index contributed by atoms with van der Waals surface area (Å²) in [7, 11) is 0. The number of benzene rings is 4. The summed E-state index contributed by atoms with van der Waals surface area (Å²) in [6.45, 7) is 0.725. The van der Waals surface area contributed by atoms with E-state index in [2.05, 4.69) is 0 Å². The number of carbonyl (C=O) groups is 2. The highest BCUT2D eigenvalue weighted by Crippen LogP contribution is 2.22. The van der Waals surface area contributed by atoms with Gasteiger partial charge in [0.15, 0.2) is 5.43 Å². The molecule has 0 N–H and O–H groups in total. The molecule has 1 atom stereocenters. The minimum atomic E-state index is -0.389. The summed E-state index contributed by atoms with van der Waals surface area (Å²) in [6, 6.07) is 26.0. The van der Waals surface area contributed by atoms with Gasteiger partial charge in [-0.05, 0) is 59.5 Å². The average molecular weight is 579 g/mol. The normalized spacial score (nSPS) is 14.7. The lowest BCUT2D eigenvalue weighted by Gasteiger charge is -2.29. The predicted octanol–water partition coefficient (Wildman–Crippen LogP) is 5.94. The molecule has 0 bridgehead atoms. The minimum Gasteiger partial charge on any atom is -0.464 e. The molecule has 1 aromatic heterocycles. The van der Waals surface area contributed by atoms with Crippen LogP contribution in [0.3, 0.4) is 0 Å². The fourth-order valence-electron chi connectivity index (χ4n) is 5.57. The number of nitrogens with zero attached hydrogens (tertiary/aromatic N) is 2. The third kappa shape index (κ3) is 6.34. The number of halogens is 1. The van der Waals surface area contributed by atoms with Crippen LogP contribution < -0.4 is 5.43 Å². The number of carbonyl (C=O) groups excluding carboxylic acids is 2. The third-order valence-corrected chi connectivity index (χ3v) is 7.83. The molecule has 7 nitrogen and oxygen atoms in total. The summed E-state index contributed by atoms with van der Waals surface area (Å²) >= 11 is 0. The molecule has 1 unspecified atom stereocenters. The molecule has 1 fully saturated rings. The van der Waals surface area contributed by atoms with Crippen LogP contribution in [0.4, 0.5) is 4.39 Å². The van der Waals surface area contributed by atoms with E-state index in [1.54, 1.807) is 47.4 Å². The standard InChI is InChI=1S/C35H31FN2O5/c36-27-16-14-24(15-17-27)19-37(20-26-23-43-32-13-4-3-11-31(32)34(26)40)33(39)22-38(21-28-9-6-18-42-28)35(41)30-12-5-8-25-7-1-2-10-29(25)30/h1-5,7-8,10-17,23,28H,6,9,18-22H2. The van der Waals surface area contributed by atoms with Crippen LogP contribution in [0.2, 0.25) is 0 Å². The lowest BCUT2D eigenvalue weighted by Crippen LogP contribution is -2.45. The van der Waals surface area contributed by atoms with Gasteiger partial charge >= 0.3 is 0 Å². The van der Waals surface area contributed by atoms with Gasteiger partial charge < -0.3 is 19.0 Å². The Bertz CT molecular complexity index is 1820. The predicted molar refractivity (Wildman–Crippen MR) is 162 cm³/mol. The van der Waals surface area contributed by atoms with Gasteiger partial charge in [0.05, 0.1) is 29.9 Å². The van der Waals surface area contributed by atoms with Gasteiger partial charge in [-0.15, -0.1) is 0 Å². The van der Waals surface area contributed by atoms with Crippen molar-refractivity contribution in [3.8, 4) is 0 Å². The van der Waals surface area contributed by atoms with Crippen molar-refractivity contribution in [3.63, 3.8) is 0 Å². The highest BCUT2D eigenvalue weighted by atomic mass is 19.1. The van der Waals surface area contributed by atoms with Gasteiger partial charge in [0, 0.05) is 25.3 Å². The quantitative estimate of drug-likeness (QED) is 0.217. The Morgan fingerprint density at radius 1 is 0.837 bits per heavy atom. The molecule has 1 aliphatic rings. The smallest absolute Gasteiger partial charge is 0.255 e. The first-order valence-electron chi connectivity index (χ1n) is 14.4. The monoisotopic (exact) mass is 578 g/mol. The van der Waals surface area contributed by atoms with Crippen LogP contribution in [-0.4, -0.2) is 47.4 Å². The van der Waals surface area contributed by atoms with E-state index in [1.165, 1.54) is 23.3 Å². The number of hydrogen-bond donors (Lipinski definition) is 0. The molecule has 2 amide bonds. The first-order valence-corrected chi connectivity index (χ1v) is 14.4. The molecule has 2 heterocycles. The van der Waals surface area contributed by atoms with E-state index in [9.17, 15) is 18.8 Å². The van der Waals surface area contributed by atoms with E-state index >= 15 is 0 Å². The molecule has 0 spiro atoms. The number of rotatable bonds is 9. The summed E-state index contributed by atoms with van der Waals surface area (Å²) < 4.78 is 25.2. The highest BCUT2D eigenvalue weighted by molar-refractivity contribution is 6.07. The van der Waals surface area contributed by atoms with Crippen molar-refractivity contribution < 1.29 is 23.1 Å². The summed E-state index contributed by atoms with van der Waals surface area (Å²) in [5.41, 5.74) is 1.72. The van der Waals surface area contributed by atoms with Gasteiger partial charge in [0.25, 0.3) is 5.91 Å². The van der Waals surface area contributed by atoms with Crippen molar-refractivity contribution in [2.45, 2.75) is 32.0 Å². The van der Waals surface area contributed by atoms with Crippen LogP contribution in [0.5, 0.6) is 0 Å². The number of hydrogen-bond acceptors (Lipinski definition) is 5. The first kappa shape index (κ1) is 28.3. The molecule has 1 aliphatic heterocycles. The topological polar surface area (TPSA) is 80.1 Å². The Morgan fingerprint density at radius 2 is 1.58 bits per heavy atom. The van der Waals surface area contributed by atoms with Crippen molar-refractivity contribution in [1.82, 2.24) is 9.80 Å². The largest absolute Gasteiger partial charge is 0.464 e. The number of fused-ring (bicyclic) bond motifs is 2. The van der Waals surface area contributed by atoms with E-state index < -0.39 is 0 Å². The molecule has 0 radical (unpaired) electrons. The zero-order chi connectivity index (χ0) is 29.8. The number of amides is 2. The molecule has 0 aliphatic carbocycles. The Labute approximate surface area is 248 Å². The molecule has 8 heteroatoms. The molecule has 1 saturated heterocycles. The van der Waals surface area contributed by atoms with E-state index in [-0.39, 0.29) is 55.3 Å². The van der Waals surface area contributed by atoms with Crippen LogP contribution >= 0.6 is 0 Å². The second-order valence-electron chi connectivity index (χ2n) is 10.8. The van der Waals surface area contributed by atoms with Crippen molar-refractivity contribution >= 4 is 33.6 Å². The summed E-state index contributed by atoms with van der Waals surface area (Å²) in [5.74, 6) is -1.02. The third-order valence-electron chi connectivity index (χ3n) is 7.83.